The number of amides is 2. The summed E-state index contributed by atoms with van der Waals surface area (Å²) in [5.74, 6) is -1.30. The van der Waals surface area contributed by atoms with E-state index in [4.69, 9.17) is 21.1 Å². The first kappa shape index (κ1) is 35.8. The third kappa shape index (κ3) is 7.98. The van der Waals surface area contributed by atoms with Crippen LogP contribution in [0.25, 0.3) is 5.57 Å². The van der Waals surface area contributed by atoms with E-state index in [9.17, 15) is 23.5 Å². The van der Waals surface area contributed by atoms with Crippen LogP contribution < -0.4 is 20.1 Å². The average Bonchev–Trinajstić information content (AvgIpc) is 3.96. The second-order valence-electron chi connectivity index (χ2n) is 13.4. The Kier molecular flexibility index (Phi) is 11.4. The van der Waals surface area contributed by atoms with E-state index in [0.29, 0.717) is 44.2 Å². The van der Waals surface area contributed by atoms with Gasteiger partial charge in [0.15, 0.2) is 11.6 Å². The summed E-state index contributed by atoms with van der Waals surface area (Å²) >= 11 is 5.89. The first-order valence-corrected chi connectivity index (χ1v) is 17.7. The van der Waals surface area contributed by atoms with Crippen molar-refractivity contribution in [3.63, 3.8) is 0 Å². The Balaban J connectivity index is 1.25. The van der Waals surface area contributed by atoms with E-state index in [-0.39, 0.29) is 66.4 Å². The molecule has 6 rings (SSSR count). The second-order valence-corrected chi connectivity index (χ2v) is 13.8. The number of nitrogens with one attached hydrogen (secondary N) is 2. The Morgan fingerprint density at radius 1 is 1.06 bits per heavy atom. The van der Waals surface area contributed by atoms with E-state index in [1.807, 2.05) is 54.3 Å². The number of aliphatic hydroxyl groups excluding tert-OH is 1. The lowest BCUT2D eigenvalue weighted by molar-refractivity contribution is -0.130. The molecule has 1 aliphatic carbocycles. The van der Waals surface area contributed by atoms with Crippen LogP contribution in [0.15, 0.2) is 60.2 Å². The molecule has 2 bridgehead atoms. The van der Waals surface area contributed by atoms with Crippen molar-refractivity contribution in [3.05, 3.63) is 99.1 Å². The average molecular weight is 708 g/mol. The van der Waals surface area contributed by atoms with Gasteiger partial charge in [0, 0.05) is 42.7 Å². The van der Waals surface area contributed by atoms with Crippen LogP contribution in [0.4, 0.5) is 8.78 Å². The molecule has 2 heterocycles. The summed E-state index contributed by atoms with van der Waals surface area (Å²) in [5.41, 5.74) is 5.76. The SMILES string of the molecule is COc1cccc(CN(C(=O)C2=C(c3ccc(CCCOc4c(F)ccc(F)c4Cl)cc3)CC3CC(C(=O)NCCO)CC2N3)C2CC2)c1C. The number of benzene rings is 3. The van der Waals surface area contributed by atoms with Gasteiger partial charge in [0.05, 0.1) is 20.3 Å². The van der Waals surface area contributed by atoms with Crippen LogP contribution in [-0.4, -0.2) is 66.8 Å². The maximum absolute atomic E-state index is 14.8. The van der Waals surface area contributed by atoms with Crippen LogP contribution in [0.3, 0.4) is 0 Å². The van der Waals surface area contributed by atoms with Crippen LogP contribution in [0.2, 0.25) is 5.02 Å². The number of aliphatic hydroxyl groups is 1. The first-order chi connectivity index (χ1) is 24.2. The third-order valence-electron chi connectivity index (χ3n) is 10.0. The fourth-order valence-corrected chi connectivity index (χ4v) is 7.46. The van der Waals surface area contributed by atoms with Gasteiger partial charge in [0.25, 0.3) is 5.91 Å². The van der Waals surface area contributed by atoms with Crippen molar-refractivity contribution in [2.24, 2.45) is 5.92 Å². The number of fused-ring (bicyclic) bond motifs is 2. The maximum Gasteiger partial charge on any atom is 0.252 e. The zero-order chi connectivity index (χ0) is 35.4. The molecule has 2 aliphatic heterocycles. The Morgan fingerprint density at radius 2 is 1.82 bits per heavy atom. The molecule has 0 aromatic heterocycles. The zero-order valence-electron chi connectivity index (χ0n) is 28.4. The van der Waals surface area contributed by atoms with Gasteiger partial charge in [-0.15, -0.1) is 0 Å². The highest BCUT2D eigenvalue weighted by molar-refractivity contribution is 6.32. The summed E-state index contributed by atoms with van der Waals surface area (Å²) in [6.45, 7) is 2.72. The minimum atomic E-state index is -0.732. The number of rotatable bonds is 14. The van der Waals surface area contributed by atoms with Crippen molar-refractivity contribution < 1.29 is 33.0 Å². The van der Waals surface area contributed by atoms with Crippen molar-refractivity contribution in [3.8, 4) is 11.5 Å². The fourth-order valence-electron chi connectivity index (χ4n) is 7.25. The molecular formula is C39H44ClF2N3O5. The summed E-state index contributed by atoms with van der Waals surface area (Å²) in [6, 6.07) is 15.9. The number of methoxy groups -OCH3 is 1. The van der Waals surface area contributed by atoms with Gasteiger partial charge in [-0.2, -0.15) is 0 Å². The van der Waals surface area contributed by atoms with Crippen LogP contribution in [0.1, 0.15) is 60.8 Å². The lowest BCUT2D eigenvalue weighted by Gasteiger charge is -2.43. The molecule has 0 spiro atoms. The molecule has 3 atom stereocenters. The lowest BCUT2D eigenvalue weighted by Crippen LogP contribution is -2.55. The predicted octanol–water partition coefficient (Wildman–Crippen LogP) is 6.14. The van der Waals surface area contributed by atoms with Crippen molar-refractivity contribution in [1.29, 1.82) is 0 Å². The molecule has 1 saturated heterocycles. The molecule has 2 amide bonds. The van der Waals surface area contributed by atoms with E-state index in [2.05, 4.69) is 10.6 Å². The van der Waals surface area contributed by atoms with E-state index >= 15 is 0 Å². The third-order valence-corrected chi connectivity index (χ3v) is 10.4. The predicted molar refractivity (Wildman–Crippen MR) is 188 cm³/mol. The normalized spacial score (nSPS) is 20.0. The topological polar surface area (TPSA) is 100 Å². The molecule has 3 aromatic rings. The lowest BCUT2D eigenvalue weighted by atomic mass is 9.74. The summed E-state index contributed by atoms with van der Waals surface area (Å²) in [7, 11) is 1.65. The summed E-state index contributed by atoms with van der Waals surface area (Å²) < 4.78 is 38.9. The van der Waals surface area contributed by atoms with Gasteiger partial charge in [-0.3, -0.25) is 9.59 Å². The number of aryl methyl sites for hydroxylation is 1. The highest BCUT2D eigenvalue weighted by Crippen LogP contribution is 2.41. The second kappa shape index (κ2) is 15.9. The van der Waals surface area contributed by atoms with Crippen molar-refractivity contribution in [1.82, 2.24) is 15.5 Å². The molecule has 266 valence electrons. The van der Waals surface area contributed by atoms with E-state index in [1.165, 1.54) is 0 Å². The minimum absolute atomic E-state index is 0.0125. The van der Waals surface area contributed by atoms with E-state index in [0.717, 1.165) is 58.6 Å². The Bertz CT molecular complexity index is 1750. The largest absolute Gasteiger partial charge is 0.496 e. The molecule has 1 saturated carbocycles. The van der Waals surface area contributed by atoms with Crippen LogP contribution >= 0.6 is 11.6 Å². The number of carbonyl (C=O) groups is 2. The molecule has 3 N–H and O–H groups in total. The highest BCUT2D eigenvalue weighted by Gasteiger charge is 2.44. The number of halogens is 3. The van der Waals surface area contributed by atoms with E-state index in [1.54, 1.807) is 7.11 Å². The van der Waals surface area contributed by atoms with Gasteiger partial charge < -0.3 is 30.1 Å². The van der Waals surface area contributed by atoms with Crippen LogP contribution in [0.5, 0.6) is 11.5 Å². The van der Waals surface area contributed by atoms with Crippen molar-refractivity contribution in [2.75, 3.05) is 26.9 Å². The number of ether oxygens (including phenoxy) is 2. The molecule has 0 radical (unpaired) electrons. The van der Waals surface area contributed by atoms with Gasteiger partial charge in [0.1, 0.15) is 16.6 Å². The molecular weight excluding hydrogens is 664 g/mol. The first-order valence-electron chi connectivity index (χ1n) is 17.3. The number of hydrogen-bond acceptors (Lipinski definition) is 6. The smallest absolute Gasteiger partial charge is 0.252 e. The number of hydrogen-bond donors (Lipinski definition) is 3. The van der Waals surface area contributed by atoms with Gasteiger partial charge in [-0.25, -0.2) is 8.78 Å². The van der Waals surface area contributed by atoms with Gasteiger partial charge in [-0.05, 0) is 97.9 Å². The zero-order valence-corrected chi connectivity index (χ0v) is 29.2. The van der Waals surface area contributed by atoms with Gasteiger partial charge in [-0.1, -0.05) is 48.0 Å². The van der Waals surface area contributed by atoms with Gasteiger partial charge >= 0.3 is 0 Å². The fraction of sp³-hybridized carbons (Fsp3) is 0.436. The number of carbonyl (C=O) groups excluding carboxylic acids is 2. The molecule has 3 aliphatic rings. The number of piperidine rings is 1. The molecule has 2 fully saturated rings. The maximum atomic E-state index is 14.8. The molecule has 11 heteroatoms. The highest BCUT2D eigenvalue weighted by atomic mass is 35.5. The Hall–Kier alpha value is -3.99. The monoisotopic (exact) mass is 707 g/mol. The van der Waals surface area contributed by atoms with Crippen LogP contribution in [-0.2, 0) is 22.6 Å². The summed E-state index contributed by atoms with van der Waals surface area (Å²) in [4.78, 5) is 29.9. The Labute approximate surface area is 296 Å². The Morgan fingerprint density at radius 3 is 2.54 bits per heavy atom. The van der Waals surface area contributed by atoms with Gasteiger partial charge in [0.2, 0.25) is 5.91 Å². The summed E-state index contributed by atoms with van der Waals surface area (Å²) in [6.07, 6.45) is 4.83. The standard InChI is InChI=1S/C39H44ClF2N3O5/c1-23-26(6-3-7-34(23)49-2)22-45(29-12-13-29)39(48)35-30(21-28-19-27(20-33(35)44-28)38(47)43-16-17-46)25-10-8-24(9-11-25)5-4-18-50-37-32(42)15-14-31(41)36(37)40/h3,6-11,14-15,27-29,33,44,46H,4-5,12-13,16-22H2,1-2H3,(H,43,47). The number of nitrogens with zero attached hydrogens (tertiary/aromatic N) is 1. The van der Waals surface area contributed by atoms with Crippen LogP contribution in [0, 0.1) is 24.5 Å². The van der Waals surface area contributed by atoms with Crippen molar-refractivity contribution >= 4 is 29.0 Å². The molecule has 3 unspecified atom stereocenters. The quantitative estimate of drug-likeness (QED) is 0.138. The minimum Gasteiger partial charge on any atom is -0.496 e. The molecule has 50 heavy (non-hydrogen) atoms. The van der Waals surface area contributed by atoms with Crippen molar-refractivity contribution in [2.45, 2.75) is 76.5 Å². The molecule has 8 nitrogen and oxygen atoms in total. The molecule has 3 aromatic carbocycles. The summed E-state index contributed by atoms with van der Waals surface area (Å²) in [5, 5.41) is 15.4. The van der Waals surface area contributed by atoms with E-state index < -0.39 is 11.6 Å².